The molecule has 0 aliphatic carbocycles. The van der Waals surface area contributed by atoms with E-state index in [0.717, 1.165) is 13.0 Å². The third-order valence-electron chi connectivity index (χ3n) is 6.14. The highest BCUT2D eigenvalue weighted by molar-refractivity contribution is 5.85. The molecule has 0 unspecified atom stereocenters. The number of nitrogens with one attached hydrogen (secondary N) is 1. The number of halogens is 1. The van der Waals surface area contributed by atoms with Crippen LogP contribution in [0.25, 0.3) is 0 Å². The van der Waals surface area contributed by atoms with Gasteiger partial charge in [0.25, 0.3) is 5.97 Å². The molecule has 0 aromatic carbocycles. The summed E-state index contributed by atoms with van der Waals surface area (Å²) in [4.78, 5) is 0. The Bertz CT molecular complexity index is 408. The van der Waals surface area contributed by atoms with E-state index in [9.17, 15) is 5.11 Å². The van der Waals surface area contributed by atoms with Gasteiger partial charge in [-0.3, -0.25) is 0 Å². The van der Waals surface area contributed by atoms with Gasteiger partial charge in [0.15, 0.2) is 0 Å². The van der Waals surface area contributed by atoms with E-state index in [1.165, 1.54) is 96.3 Å². The average molecular weight is 558 g/mol. The minimum Gasteiger partial charge on any atom is -0.394 e. The van der Waals surface area contributed by atoms with Crippen LogP contribution >= 0.6 is 12.4 Å². The van der Waals surface area contributed by atoms with Crippen molar-refractivity contribution < 1.29 is 34.3 Å². The molecule has 0 rings (SSSR count). The first-order valence-corrected chi connectivity index (χ1v) is 14.8. The van der Waals surface area contributed by atoms with E-state index in [1.54, 1.807) is 0 Å². The monoisotopic (exact) mass is 557 g/mol. The average Bonchev–Trinajstić information content (AvgIpc) is 2.88. The second kappa shape index (κ2) is 32.2. The maximum atomic E-state index is 10.6. The lowest BCUT2D eigenvalue weighted by molar-refractivity contribution is -0.359. The number of ether oxygens (including phenoxy) is 4. The van der Waals surface area contributed by atoms with E-state index in [4.69, 9.17) is 29.2 Å². The zero-order chi connectivity index (χ0) is 26.4. The number of unbranched alkanes of at least 4 members (excludes halogenated alkanes) is 15. The Balaban J connectivity index is 0. The number of hydrogen-bond acceptors (Lipinski definition) is 8. The lowest BCUT2D eigenvalue weighted by Gasteiger charge is -2.28. The standard InChI is InChI=1S/C28H59NO7.ClH/c1-2-3-4-5-6-7-8-9-10-11-12-13-14-15-16-17-18-29-27-28(32,35-25-23-33-21-19-30)36-26-24-34-22-20-31;/h29-32H,2-27H2,1H3;1H. The fourth-order valence-electron chi connectivity index (χ4n) is 4.04. The van der Waals surface area contributed by atoms with Crippen LogP contribution in [0.1, 0.15) is 110 Å². The maximum absolute atomic E-state index is 10.6. The molecule has 9 heteroatoms. The molecule has 0 saturated heterocycles. The van der Waals surface area contributed by atoms with Gasteiger partial charge in [0.1, 0.15) is 0 Å². The minimum absolute atomic E-state index is 0. The summed E-state index contributed by atoms with van der Waals surface area (Å²) < 4.78 is 21.3. The Labute approximate surface area is 233 Å². The van der Waals surface area contributed by atoms with Gasteiger partial charge in [-0.25, -0.2) is 0 Å². The molecule has 0 aromatic heterocycles. The third-order valence-corrected chi connectivity index (χ3v) is 6.14. The van der Waals surface area contributed by atoms with E-state index in [-0.39, 0.29) is 71.8 Å². The van der Waals surface area contributed by atoms with E-state index in [1.807, 2.05) is 0 Å². The molecular formula is C28H60ClNO7. The van der Waals surface area contributed by atoms with Crippen LogP contribution in [-0.2, 0) is 18.9 Å². The predicted octanol–water partition coefficient (Wildman–Crippen LogP) is 4.96. The topological polar surface area (TPSA) is 110 Å². The summed E-state index contributed by atoms with van der Waals surface area (Å²) in [5, 5.41) is 31.4. The molecule has 0 radical (unpaired) electrons. The number of aliphatic hydroxyl groups excluding tert-OH is 2. The van der Waals surface area contributed by atoms with Gasteiger partial charge >= 0.3 is 0 Å². The van der Waals surface area contributed by atoms with Crippen LogP contribution < -0.4 is 5.32 Å². The predicted molar refractivity (Wildman–Crippen MR) is 152 cm³/mol. The van der Waals surface area contributed by atoms with Crippen molar-refractivity contribution in [1.82, 2.24) is 5.32 Å². The Morgan fingerprint density at radius 1 is 0.541 bits per heavy atom. The number of rotatable bonds is 31. The van der Waals surface area contributed by atoms with E-state index in [0.29, 0.717) is 0 Å². The molecule has 0 atom stereocenters. The number of hydrogen-bond donors (Lipinski definition) is 4. The Hall–Kier alpha value is -0.0300. The SMILES string of the molecule is CCCCCCCCCCCCCCCCCCNCC(O)(OCCOCCO)OCCOCCO.Cl. The Kier molecular flexibility index (Phi) is 34.0. The van der Waals surface area contributed by atoms with Gasteiger partial charge < -0.3 is 39.6 Å². The molecule has 4 N–H and O–H groups in total. The molecule has 0 amide bonds. The van der Waals surface area contributed by atoms with Crippen LogP contribution in [0.4, 0.5) is 0 Å². The van der Waals surface area contributed by atoms with E-state index >= 15 is 0 Å². The molecule has 8 nitrogen and oxygen atoms in total. The summed E-state index contributed by atoms with van der Waals surface area (Å²) >= 11 is 0. The lowest BCUT2D eigenvalue weighted by Crippen LogP contribution is -2.47. The van der Waals surface area contributed by atoms with Crippen LogP contribution in [0.5, 0.6) is 0 Å². The van der Waals surface area contributed by atoms with Crippen LogP contribution in [0, 0.1) is 0 Å². The van der Waals surface area contributed by atoms with Crippen molar-refractivity contribution in [2.45, 2.75) is 116 Å². The van der Waals surface area contributed by atoms with Crippen molar-refractivity contribution in [3.05, 3.63) is 0 Å². The normalized spacial score (nSPS) is 11.7. The van der Waals surface area contributed by atoms with Crippen molar-refractivity contribution in [2.24, 2.45) is 0 Å². The quantitative estimate of drug-likeness (QED) is 0.0699. The van der Waals surface area contributed by atoms with Gasteiger partial charge in [-0.2, -0.15) is 0 Å². The Morgan fingerprint density at radius 3 is 1.30 bits per heavy atom. The molecule has 0 bridgehead atoms. The first-order chi connectivity index (χ1) is 17.7. The fraction of sp³-hybridized carbons (Fsp3) is 1.00. The van der Waals surface area contributed by atoms with Crippen LogP contribution in [0.15, 0.2) is 0 Å². The Morgan fingerprint density at radius 2 is 0.919 bits per heavy atom. The molecule has 226 valence electrons. The third kappa shape index (κ3) is 30.4. The summed E-state index contributed by atoms with van der Waals surface area (Å²) in [6, 6.07) is 0. The molecule has 0 aliphatic rings. The zero-order valence-corrected chi connectivity index (χ0v) is 24.6. The van der Waals surface area contributed by atoms with Crippen LogP contribution in [0.3, 0.4) is 0 Å². The zero-order valence-electron chi connectivity index (χ0n) is 23.8. The van der Waals surface area contributed by atoms with Gasteiger partial charge in [-0.1, -0.05) is 103 Å². The summed E-state index contributed by atoms with van der Waals surface area (Å²) in [7, 11) is 0. The summed E-state index contributed by atoms with van der Waals surface area (Å²) in [6.07, 6.45) is 21.5. The molecule has 37 heavy (non-hydrogen) atoms. The second-order valence-corrected chi connectivity index (χ2v) is 9.56. The van der Waals surface area contributed by atoms with Gasteiger partial charge in [-0.05, 0) is 13.0 Å². The molecule has 0 heterocycles. The highest BCUT2D eigenvalue weighted by atomic mass is 35.5. The summed E-state index contributed by atoms with van der Waals surface area (Å²) in [5.41, 5.74) is 0. The second-order valence-electron chi connectivity index (χ2n) is 9.56. The highest BCUT2D eigenvalue weighted by Gasteiger charge is 2.28. The smallest absolute Gasteiger partial charge is 0.293 e. The van der Waals surface area contributed by atoms with E-state index in [2.05, 4.69) is 12.2 Å². The van der Waals surface area contributed by atoms with Gasteiger partial charge in [0.05, 0.1) is 59.4 Å². The highest BCUT2D eigenvalue weighted by Crippen LogP contribution is 2.14. The molecule has 0 fully saturated rings. The molecule has 0 spiro atoms. The fourth-order valence-corrected chi connectivity index (χ4v) is 4.04. The lowest BCUT2D eigenvalue weighted by atomic mass is 10.0. The summed E-state index contributed by atoms with van der Waals surface area (Å²) in [5.74, 6) is -1.76. The molecule has 0 aromatic rings. The van der Waals surface area contributed by atoms with Crippen molar-refractivity contribution >= 4 is 12.4 Å². The minimum atomic E-state index is -1.76. The van der Waals surface area contributed by atoms with Crippen molar-refractivity contribution in [2.75, 3.05) is 65.9 Å². The van der Waals surface area contributed by atoms with Crippen LogP contribution in [0.2, 0.25) is 0 Å². The molecule has 0 aliphatic heterocycles. The van der Waals surface area contributed by atoms with Crippen LogP contribution in [-0.4, -0.2) is 87.2 Å². The molecule has 0 saturated carbocycles. The summed E-state index contributed by atoms with van der Waals surface area (Å²) in [6.45, 7) is 4.37. The first kappa shape index (κ1) is 39.1. The van der Waals surface area contributed by atoms with E-state index < -0.39 is 5.97 Å². The van der Waals surface area contributed by atoms with Gasteiger partial charge in [-0.15, -0.1) is 12.4 Å². The van der Waals surface area contributed by atoms with Gasteiger partial charge in [0.2, 0.25) is 0 Å². The largest absolute Gasteiger partial charge is 0.394 e. The molecular weight excluding hydrogens is 498 g/mol. The van der Waals surface area contributed by atoms with Crippen molar-refractivity contribution in [3.8, 4) is 0 Å². The maximum Gasteiger partial charge on any atom is 0.293 e. The van der Waals surface area contributed by atoms with Crippen molar-refractivity contribution in [3.63, 3.8) is 0 Å². The first-order valence-electron chi connectivity index (χ1n) is 14.8. The number of aliphatic hydroxyl groups is 3. The van der Waals surface area contributed by atoms with Crippen molar-refractivity contribution in [1.29, 1.82) is 0 Å². The van der Waals surface area contributed by atoms with Gasteiger partial charge in [0, 0.05) is 0 Å².